The Morgan fingerprint density at radius 3 is 1.86 bits per heavy atom. The average Bonchev–Trinajstić information content (AvgIpc) is 3.48. The third-order valence-corrected chi connectivity index (χ3v) is 6.13. The highest BCUT2D eigenvalue weighted by Crippen LogP contribution is 2.33. The largest absolute Gasteiger partial charge is 0.508 e. The molecule has 6 aromatic rings. The minimum atomic E-state index is -0.294. The van der Waals surface area contributed by atoms with Crippen molar-refractivity contribution >= 4 is 37.7 Å². The van der Waals surface area contributed by atoms with Crippen molar-refractivity contribution < 1.29 is 19.0 Å². The van der Waals surface area contributed by atoms with Gasteiger partial charge in [-0.1, -0.05) is 0 Å². The Kier molecular flexibility index (Phi) is 5.92. The van der Waals surface area contributed by atoms with E-state index >= 15 is 0 Å². The predicted molar refractivity (Wildman–Crippen MR) is 133 cm³/mol. The highest BCUT2D eigenvalue weighted by molar-refractivity contribution is 9.10. The summed E-state index contributed by atoms with van der Waals surface area (Å²) >= 11 is 3.34. The van der Waals surface area contributed by atoms with Crippen LogP contribution in [0.2, 0.25) is 0 Å². The standard InChI is InChI=1S/C13H8BrFN2O.C13H9FN2O/c14-12-11(18)6-1-8-7-16-17(13(8)12)10-4-2-9(15)3-5-10;14-10-2-4-11(5-3-10)16-13-7-12(17)6-1-9(13)8-15-16/h1-7,18H;1-8,17H. The van der Waals surface area contributed by atoms with Crippen LogP contribution in [0.4, 0.5) is 8.78 Å². The summed E-state index contributed by atoms with van der Waals surface area (Å²) in [6.07, 6.45) is 3.40. The summed E-state index contributed by atoms with van der Waals surface area (Å²) < 4.78 is 29.6. The molecule has 174 valence electrons. The van der Waals surface area contributed by atoms with Crippen molar-refractivity contribution in [3.05, 3.63) is 107 Å². The van der Waals surface area contributed by atoms with Crippen molar-refractivity contribution in [2.75, 3.05) is 0 Å². The highest BCUT2D eigenvalue weighted by atomic mass is 79.9. The lowest BCUT2D eigenvalue weighted by Crippen LogP contribution is -1.96. The smallest absolute Gasteiger partial charge is 0.132 e. The van der Waals surface area contributed by atoms with E-state index in [0.29, 0.717) is 4.47 Å². The van der Waals surface area contributed by atoms with Gasteiger partial charge >= 0.3 is 0 Å². The monoisotopic (exact) mass is 534 g/mol. The number of phenols is 2. The number of rotatable bonds is 2. The lowest BCUT2D eigenvalue weighted by atomic mass is 10.2. The van der Waals surface area contributed by atoms with Crippen LogP contribution in [0.1, 0.15) is 0 Å². The fraction of sp³-hybridized carbons (Fsp3) is 0. The second-order valence-electron chi connectivity index (χ2n) is 7.65. The molecule has 0 aliphatic carbocycles. The first kappa shape index (κ1) is 22.5. The molecule has 2 N–H and O–H groups in total. The Morgan fingerprint density at radius 2 is 1.20 bits per heavy atom. The maximum atomic E-state index is 12.9. The number of phenolic OH excluding ortho intramolecular Hbond substituents is 2. The Balaban J connectivity index is 0.000000145. The summed E-state index contributed by atoms with van der Waals surface area (Å²) in [4.78, 5) is 0. The topological polar surface area (TPSA) is 76.1 Å². The molecule has 0 saturated heterocycles. The molecule has 4 aromatic carbocycles. The second-order valence-corrected chi connectivity index (χ2v) is 8.44. The lowest BCUT2D eigenvalue weighted by Gasteiger charge is -2.05. The third kappa shape index (κ3) is 4.45. The Hall–Kier alpha value is -4.24. The number of benzene rings is 4. The van der Waals surface area contributed by atoms with E-state index in [4.69, 9.17) is 0 Å². The van der Waals surface area contributed by atoms with Gasteiger partial charge in [0.2, 0.25) is 0 Å². The number of aromatic hydroxyl groups is 2. The Bertz CT molecular complexity index is 1650. The molecule has 2 heterocycles. The third-order valence-electron chi connectivity index (χ3n) is 5.35. The Labute approximate surface area is 206 Å². The zero-order valence-electron chi connectivity index (χ0n) is 18.0. The molecule has 0 saturated carbocycles. The SMILES string of the molecule is Oc1ccc2cnn(-c3ccc(F)cc3)c2c1.Oc1ccc2cnn(-c3ccc(F)cc3)c2c1Br. The van der Waals surface area contributed by atoms with Crippen LogP contribution in [-0.2, 0) is 0 Å². The first-order chi connectivity index (χ1) is 16.9. The number of nitrogens with zero attached hydrogens (tertiary/aromatic N) is 4. The van der Waals surface area contributed by atoms with Crippen LogP contribution in [0, 0.1) is 11.6 Å². The van der Waals surface area contributed by atoms with Gasteiger partial charge in [-0.3, -0.25) is 0 Å². The van der Waals surface area contributed by atoms with E-state index in [1.165, 1.54) is 24.3 Å². The molecule has 0 bridgehead atoms. The van der Waals surface area contributed by atoms with Crippen LogP contribution in [0.5, 0.6) is 11.5 Å². The summed E-state index contributed by atoms with van der Waals surface area (Å²) in [6.45, 7) is 0. The number of hydrogen-bond acceptors (Lipinski definition) is 4. The number of aromatic nitrogens is 4. The zero-order chi connectivity index (χ0) is 24.5. The van der Waals surface area contributed by atoms with Gasteiger partial charge in [0.05, 0.1) is 39.3 Å². The molecule has 0 aliphatic rings. The van der Waals surface area contributed by atoms with Crippen LogP contribution < -0.4 is 0 Å². The maximum Gasteiger partial charge on any atom is 0.132 e. The van der Waals surface area contributed by atoms with Gasteiger partial charge in [-0.2, -0.15) is 10.2 Å². The first-order valence-electron chi connectivity index (χ1n) is 10.4. The molecule has 6 nitrogen and oxygen atoms in total. The molecular formula is C26H17BrF2N4O2. The van der Waals surface area contributed by atoms with E-state index in [-0.39, 0.29) is 23.1 Å². The van der Waals surface area contributed by atoms with Gasteiger partial charge in [-0.15, -0.1) is 0 Å². The molecular weight excluding hydrogens is 518 g/mol. The maximum absolute atomic E-state index is 12.9. The van der Waals surface area contributed by atoms with Crippen molar-refractivity contribution in [3.63, 3.8) is 0 Å². The van der Waals surface area contributed by atoms with E-state index in [1.807, 2.05) is 0 Å². The van der Waals surface area contributed by atoms with Crippen LogP contribution in [0.3, 0.4) is 0 Å². The van der Waals surface area contributed by atoms with E-state index < -0.39 is 0 Å². The molecule has 0 radical (unpaired) electrons. The number of hydrogen-bond donors (Lipinski definition) is 2. The van der Waals surface area contributed by atoms with Gasteiger partial charge in [0.15, 0.2) is 0 Å². The first-order valence-corrected chi connectivity index (χ1v) is 11.2. The van der Waals surface area contributed by atoms with Gasteiger partial charge < -0.3 is 10.2 Å². The van der Waals surface area contributed by atoms with Crippen LogP contribution in [0.25, 0.3) is 33.2 Å². The fourth-order valence-corrected chi connectivity index (χ4v) is 4.17. The van der Waals surface area contributed by atoms with E-state index in [0.717, 1.165) is 33.2 Å². The average molecular weight is 535 g/mol. The summed E-state index contributed by atoms with van der Waals surface area (Å²) in [5.74, 6) is -0.252. The molecule has 0 fully saturated rings. The molecule has 0 spiro atoms. The highest BCUT2D eigenvalue weighted by Gasteiger charge is 2.11. The molecule has 9 heteroatoms. The van der Waals surface area contributed by atoms with Gasteiger partial charge in [0.25, 0.3) is 0 Å². The van der Waals surface area contributed by atoms with Crippen LogP contribution in [0.15, 0.2) is 95.7 Å². The van der Waals surface area contributed by atoms with E-state index in [2.05, 4.69) is 26.1 Å². The Morgan fingerprint density at radius 1 is 0.657 bits per heavy atom. The van der Waals surface area contributed by atoms with Gasteiger partial charge in [-0.05, 0) is 88.7 Å². The molecule has 0 aliphatic heterocycles. The summed E-state index contributed by atoms with van der Waals surface area (Å²) in [6, 6.07) is 20.5. The number of fused-ring (bicyclic) bond motifs is 2. The molecule has 6 rings (SSSR count). The van der Waals surface area contributed by atoms with Gasteiger partial charge in [0.1, 0.15) is 23.1 Å². The number of halogens is 3. The minimum Gasteiger partial charge on any atom is -0.508 e. The van der Waals surface area contributed by atoms with Crippen molar-refractivity contribution in [3.8, 4) is 22.9 Å². The van der Waals surface area contributed by atoms with Crippen molar-refractivity contribution in [2.45, 2.75) is 0 Å². The van der Waals surface area contributed by atoms with Gasteiger partial charge in [-0.25, -0.2) is 18.1 Å². The second kappa shape index (κ2) is 9.19. The molecule has 0 unspecified atom stereocenters. The van der Waals surface area contributed by atoms with Crippen molar-refractivity contribution in [2.24, 2.45) is 0 Å². The van der Waals surface area contributed by atoms with Crippen molar-refractivity contribution in [1.82, 2.24) is 19.6 Å². The quantitative estimate of drug-likeness (QED) is 0.265. The molecule has 2 aromatic heterocycles. The van der Waals surface area contributed by atoms with Crippen LogP contribution >= 0.6 is 15.9 Å². The fourth-order valence-electron chi connectivity index (χ4n) is 3.64. The lowest BCUT2D eigenvalue weighted by molar-refractivity contribution is 0.472. The molecule has 35 heavy (non-hydrogen) atoms. The van der Waals surface area contributed by atoms with Gasteiger partial charge in [0, 0.05) is 16.8 Å². The summed E-state index contributed by atoms with van der Waals surface area (Å²) in [5, 5.41) is 29.5. The minimum absolute atomic E-state index is 0.145. The molecule has 0 atom stereocenters. The molecule has 0 amide bonds. The summed E-state index contributed by atoms with van der Waals surface area (Å²) in [7, 11) is 0. The van der Waals surface area contributed by atoms with Crippen LogP contribution in [-0.4, -0.2) is 29.8 Å². The summed E-state index contributed by atoms with van der Waals surface area (Å²) in [5.41, 5.74) is 3.03. The zero-order valence-corrected chi connectivity index (χ0v) is 19.6. The van der Waals surface area contributed by atoms with E-state index in [9.17, 15) is 19.0 Å². The normalized spacial score (nSPS) is 10.9. The van der Waals surface area contributed by atoms with Crippen molar-refractivity contribution in [1.29, 1.82) is 0 Å². The van der Waals surface area contributed by atoms with E-state index in [1.54, 1.807) is 76.4 Å². The predicted octanol–water partition coefficient (Wildman–Crippen LogP) is 6.50.